The number of rotatable bonds is 9. The van der Waals surface area contributed by atoms with E-state index >= 15 is 0 Å². The largest absolute Gasteiger partial charge is 0.318 e. The van der Waals surface area contributed by atoms with Gasteiger partial charge in [0.15, 0.2) is 0 Å². The third-order valence-electron chi connectivity index (χ3n) is 2.72. The zero-order valence-electron chi connectivity index (χ0n) is 13.0. The van der Waals surface area contributed by atoms with Gasteiger partial charge in [0.25, 0.3) is 6.57 Å². The van der Waals surface area contributed by atoms with Crippen molar-refractivity contribution in [2.45, 2.75) is 66.7 Å². The molecule has 0 bridgehead atoms. The molecular weight excluding hydrogens is 265 g/mol. The summed E-state index contributed by atoms with van der Waals surface area (Å²) in [6, 6.07) is 1.05. The Hall–Kier alpha value is 0.500. The fourth-order valence-corrected chi connectivity index (χ4v) is 5.85. The lowest BCUT2D eigenvalue weighted by molar-refractivity contribution is 0.187. The smallest absolute Gasteiger partial charge is 0.257 e. The molecule has 0 aliphatic rings. The van der Waals surface area contributed by atoms with Gasteiger partial charge in [0.1, 0.15) is 0 Å². The number of hydrogen-bond acceptors (Lipinski definition) is 4. The first-order chi connectivity index (χ1) is 8.22. The maximum absolute atomic E-state index is 12.4. The lowest BCUT2D eigenvalue weighted by Gasteiger charge is -2.30. The molecule has 1 atom stereocenters. The van der Waals surface area contributed by atoms with Crippen LogP contribution in [-0.2, 0) is 9.09 Å². The normalized spacial score (nSPS) is 15.9. The van der Waals surface area contributed by atoms with Gasteiger partial charge in [0, 0.05) is 30.5 Å². The highest BCUT2D eigenvalue weighted by Gasteiger charge is 2.23. The predicted octanol–water partition coefficient (Wildman–Crippen LogP) is 4.48. The number of nitrogens with zero attached hydrogens (tertiary/aromatic N) is 1. The summed E-state index contributed by atoms with van der Waals surface area (Å²) in [5.74, 6) is 0.869. The monoisotopic (exact) mass is 295 g/mol. The van der Waals surface area contributed by atoms with E-state index in [4.69, 9.17) is 4.52 Å². The van der Waals surface area contributed by atoms with E-state index in [1.54, 1.807) is 0 Å². The van der Waals surface area contributed by atoms with Crippen molar-refractivity contribution in [3.05, 3.63) is 0 Å². The molecule has 1 unspecified atom stereocenters. The molecule has 0 aromatic rings. The van der Waals surface area contributed by atoms with Crippen LogP contribution in [0.2, 0.25) is 0 Å². The van der Waals surface area contributed by atoms with Crippen LogP contribution >= 0.6 is 18.0 Å². The van der Waals surface area contributed by atoms with Gasteiger partial charge in [-0.05, 0) is 41.5 Å². The first-order valence-corrected chi connectivity index (χ1v) is 10.3. The molecule has 0 aromatic carbocycles. The Morgan fingerprint density at radius 3 is 1.94 bits per heavy atom. The van der Waals surface area contributed by atoms with E-state index in [-0.39, 0.29) is 6.10 Å². The van der Waals surface area contributed by atoms with Gasteiger partial charge in [-0.25, -0.2) is 0 Å². The summed E-state index contributed by atoms with van der Waals surface area (Å²) in [4.78, 5) is 2.42. The average Bonchev–Trinajstić information content (AvgIpc) is 2.22. The molecule has 0 fully saturated rings. The second-order valence-electron chi connectivity index (χ2n) is 5.34. The van der Waals surface area contributed by atoms with Crippen molar-refractivity contribution in [3.8, 4) is 0 Å². The van der Waals surface area contributed by atoms with Crippen molar-refractivity contribution in [3.63, 3.8) is 0 Å². The van der Waals surface area contributed by atoms with Gasteiger partial charge in [-0.15, -0.1) is 0 Å². The fraction of sp³-hybridized carbons (Fsp3) is 1.00. The molecule has 0 spiro atoms. The van der Waals surface area contributed by atoms with E-state index in [0.717, 1.165) is 12.3 Å². The van der Waals surface area contributed by atoms with Crippen LogP contribution in [-0.4, -0.2) is 41.5 Å². The summed E-state index contributed by atoms with van der Waals surface area (Å²) in [6.07, 6.45) is 0.647. The average molecular weight is 295 g/mol. The Morgan fingerprint density at radius 1 is 1.11 bits per heavy atom. The van der Waals surface area contributed by atoms with Gasteiger partial charge in [0.05, 0.1) is 6.10 Å². The Morgan fingerprint density at radius 2 is 1.61 bits per heavy atom. The highest BCUT2D eigenvalue weighted by Crippen LogP contribution is 2.59. The van der Waals surface area contributed by atoms with Crippen LogP contribution in [0.4, 0.5) is 0 Å². The molecule has 0 rings (SSSR count). The minimum absolute atomic E-state index is 0.0367. The second-order valence-corrected chi connectivity index (χ2v) is 10.5. The van der Waals surface area contributed by atoms with Crippen LogP contribution in [0.15, 0.2) is 0 Å². The standard InChI is InChI=1S/C13H30NO2PS/c1-8-17(15,16-13(6)7)18-10-9-14(11(2)3)12(4)5/h11-13H,8-10H2,1-7H3. The lowest BCUT2D eigenvalue weighted by atomic mass is 10.2. The highest BCUT2D eigenvalue weighted by molar-refractivity contribution is 8.56. The van der Waals surface area contributed by atoms with Crippen LogP contribution in [0.5, 0.6) is 0 Å². The Labute approximate surface area is 117 Å². The Bertz CT molecular complexity index is 262. The maximum Gasteiger partial charge on any atom is 0.257 e. The minimum atomic E-state index is -2.48. The van der Waals surface area contributed by atoms with Crippen LogP contribution in [0.25, 0.3) is 0 Å². The summed E-state index contributed by atoms with van der Waals surface area (Å²) >= 11 is 1.51. The van der Waals surface area contributed by atoms with Crippen molar-refractivity contribution in [1.29, 1.82) is 0 Å². The number of hydrogen-bond donors (Lipinski definition) is 0. The van der Waals surface area contributed by atoms with Gasteiger partial charge in [-0.3, -0.25) is 9.46 Å². The van der Waals surface area contributed by atoms with Gasteiger partial charge >= 0.3 is 0 Å². The van der Waals surface area contributed by atoms with E-state index in [9.17, 15) is 4.57 Å². The van der Waals surface area contributed by atoms with Gasteiger partial charge < -0.3 is 4.52 Å². The molecule has 0 N–H and O–H groups in total. The minimum Gasteiger partial charge on any atom is -0.318 e. The van der Waals surface area contributed by atoms with E-state index in [0.29, 0.717) is 18.2 Å². The van der Waals surface area contributed by atoms with Crippen molar-refractivity contribution >= 4 is 18.0 Å². The Kier molecular flexibility index (Phi) is 8.87. The molecule has 0 radical (unpaired) electrons. The topological polar surface area (TPSA) is 29.5 Å². The molecule has 3 nitrogen and oxygen atoms in total. The highest BCUT2D eigenvalue weighted by atomic mass is 32.7. The van der Waals surface area contributed by atoms with Crippen molar-refractivity contribution < 1.29 is 9.09 Å². The summed E-state index contributed by atoms with van der Waals surface area (Å²) in [5, 5.41) is 0. The zero-order valence-corrected chi connectivity index (χ0v) is 14.7. The molecule has 0 saturated carbocycles. The summed E-state index contributed by atoms with van der Waals surface area (Å²) in [7, 11) is 0. The van der Waals surface area contributed by atoms with Gasteiger partial charge in [-0.1, -0.05) is 18.3 Å². The molecule has 0 amide bonds. The molecule has 18 heavy (non-hydrogen) atoms. The molecule has 0 aliphatic heterocycles. The SMILES string of the molecule is CCP(=O)(OC(C)C)SCCN(C(C)C)C(C)C. The fourth-order valence-electron chi connectivity index (χ4n) is 1.92. The molecular formula is C13H30NO2PS. The van der Waals surface area contributed by atoms with Gasteiger partial charge in [0.2, 0.25) is 0 Å². The summed E-state index contributed by atoms with van der Waals surface area (Å²) < 4.78 is 18.0. The molecule has 5 heteroatoms. The van der Waals surface area contributed by atoms with E-state index in [2.05, 4.69) is 32.6 Å². The van der Waals surface area contributed by atoms with Crippen molar-refractivity contribution in [2.75, 3.05) is 18.5 Å². The molecule has 0 saturated heterocycles. The van der Waals surface area contributed by atoms with Crippen LogP contribution in [0, 0.1) is 0 Å². The van der Waals surface area contributed by atoms with E-state index < -0.39 is 6.57 Å². The van der Waals surface area contributed by atoms with E-state index in [1.165, 1.54) is 11.4 Å². The Balaban J connectivity index is 4.25. The van der Waals surface area contributed by atoms with Crippen LogP contribution in [0.3, 0.4) is 0 Å². The second kappa shape index (κ2) is 8.63. The molecule has 0 aliphatic carbocycles. The summed E-state index contributed by atoms with van der Waals surface area (Å²) in [6.45, 7) is 13.1. The van der Waals surface area contributed by atoms with E-state index in [1.807, 2.05) is 20.8 Å². The molecule has 110 valence electrons. The van der Waals surface area contributed by atoms with Gasteiger partial charge in [-0.2, -0.15) is 0 Å². The quantitative estimate of drug-likeness (QED) is 0.587. The third kappa shape index (κ3) is 7.18. The zero-order chi connectivity index (χ0) is 14.3. The van der Waals surface area contributed by atoms with Crippen molar-refractivity contribution in [1.82, 2.24) is 4.90 Å². The van der Waals surface area contributed by atoms with Crippen LogP contribution < -0.4 is 0 Å². The summed E-state index contributed by atoms with van der Waals surface area (Å²) in [5.41, 5.74) is 0. The predicted molar refractivity (Wildman–Crippen MR) is 83.8 cm³/mol. The van der Waals surface area contributed by atoms with Crippen LogP contribution in [0.1, 0.15) is 48.5 Å². The third-order valence-corrected chi connectivity index (χ3v) is 7.76. The molecule has 0 aromatic heterocycles. The lowest BCUT2D eigenvalue weighted by Crippen LogP contribution is -2.38. The first-order valence-electron chi connectivity index (χ1n) is 6.89. The first kappa shape index (κ1) is 18.5. The maximum atomic E-state index is 12.4. The molecule has 0 heterocycles. The van der Waals surface area contributed by atoms with Crippen molar-refractivity contribution in [2.24, 2.45) is 0 Å².